The van der Waals surface area contributed by atoms with Crippen molar-refractivity contribution in [1.82, 2.24) is 9.91 Å². The second kappa shape index (κ2) is 9.63. The topological polar surface area (TPSA) is 116 Å². The van der Waals surface area contributed by atoms with E-state index in [4.69, 9.17) is 0 Å². The zero-order valence-corrected chi connectivity index (χ0v) is 18.4. The minimum absolute atomic E-state index is 0.0285. The van der Waals surface area contributed by atoms with E-state index < -0.39 is 17.1 Å². The van der Waals surface area contributed by atoms with E-state index in [1.165, 1.54) is 29.3 Å². The lowest BCUT2D eigenvalue weighted by molar-refractivity contribution is -0.384. The summed E-state index contributed by atoms with van der Waals surface area (Å²) in [6.07, 6.45) is -0.538. The zero-order chi connectivity index (χ0) is 24.2. The van der Waals surface area contributed by atoms with Crippen LogP contribution in [0.5, 0.6) is 0 Å². The lowest BCUT2D eigenvalue weighted by atomic mass is 10.1. The SMILES string of the molecule is C/C(=N/N1C(=O)CN(Cc2ccccc2)[C@H]1c1ccc(C(=O)O)cc1)c1ccc([N+](=O)[O-])cc1. The first-order valence-electron chi connectivity index (χ1n) is 10.6. The standard InChI is InChI=1S/C25H22N4O5/c1-17(19-11-13-22(14-12-19)29(33)34)26-28-23(30)16-27(15-18-5-3-2-4-6-18)24(28)20-7-9-21(10-8-20)25(31)32/h2-14,24H,15-16H2,1H3,(H,31,32)/b26-17-/t24-/m1/s1. The van der Waals surface area contributed by atoms with Crippen molar-refractivity contribution in [3.8, 4) is 0 Å². The third-order valence-corrected chi connectivity index (χ3v) is 5.61. The number of nitro benzene ring substituents is 1. The fraction of sp³-hybridized carbons (Fsp3) is 0.160. The second-order valence-electron chi connectivity index (χ2n) is 7.92. The van der Waals surface area contributed by atoms with Crippen molar-refractivity contribution in [2.45, 2.75) is 19.6 Å². The molecular weight excluding hydrogens is 436 g/mol. The van der Waals surface area contributed by atoms with Crippen LogP contribution >= 0.6 is 0 Å². The average Bonchev–Trinajstić information content (AvgIpc) is 3.14. The first-order chi connectivity index (χ1) is 16.3. The Hall–Kier alpha value is -4.37. The molecule has 1 heterocycles. The van der Waals surface area contributed by atoms with Gasteiger partial charge in [0.2, 0.25) is 0 Å². The number of carboxylic acid groups (broad SMARTS) is 1. The van der Waals surface area contributed by atoms with Gasteiger partial charge in [-0.2, -0.15) is 5.10 Å². The van der Waals surface area contributed by atoms with Gasteiger partial charge in [0.15, 0.2) is 0 Å². The third-order valence-electron chi connectivity index (χ3n) is 5.61. The molecule has 34 heavy (non-hydrogen) atoms. The van der Waals surface area contributed by atoms with Crippen LogP contribution in [0.1, 0.15) is 40.1 Å². The van der Waals surface area contributed by atoms with Crippen molar-refractivity contribution >= 4 is 23.3 Å². The largest absolute Gasteiger partial charge is 0.478 e. The summed E-state index contributed by atoms with van der Waals surface area (Å²) in [7, 11) is 0. The fourth-order valence-corrected chi connectivity index (χ4v) is 3.89. The first kappa shape index (κ1) is 22.8. The van der Waals surface area contributed by atoms with Crippen LogP contribution in [0.25, 0.3) is 0 Å². The Bertz CT molecular complexity index is 1240. The summed E-state index contributed by atoms with van der Waals surface area (Å²) in [6.45, 7) is 2.37. The summed E-state index contributed by atoms with van der Waals surface area (Å²) in [6, 6.07) is 22.1. The maximum Gasteiger partial charge on any atom is 0.335 e. The van der Waals surface area contributed by atoms with Crippen LogP contribution in [-0.2, 0) is 11.3 Å². The molecule has 1 aliphatic rings. The molecule has 1 atom stereocenters. The van der Waals surface area contributed by atoms with Gasteiger partial charge in [-0.15, -0.1) is 0 Å². The molecule has 0 radical (unpaired) electrons. The molecule has 0 saturated carbocycles. The normalized spacial score (nSPS) is 16.6. The van der Waals surface area contributed by atoms with E-state index in [1.807, 2.05) is 35.2 Å². The summed E-state index contributed by atoms with van der Waals surface area (Å²) in [4.78, 5) is 36.8. The van der Waals surface area contributed by atoms with Crippen molar-refractivity contribution < 1.29 is 19.6 Å². The molecule has 0 bridgehead atoms. The van der Waals surface area contributed by atoms with Crippen molar-refractivity contribution in [3.05, 3.63) is 111 Å². The average molecular weight is 458 g/mol. The molecule has 0 spiro atoms. The van der Waals surface area contributed by atoms with Crippen LogP contribution in [0, 0.1) is 10.1 Å². The molecule has 1 amide bonds. The lowest BCUT2D eigenvalue weighted by Gasteiger charge is -2.28. The second-order valence-corrected chi connectivity index (χ2v) is 7.92. The van der Waals surface area contributed by atoms with Crippen LogP contribution in [0.15, 0.2) is 84.0 Å². The van der Waals surface area contributed by atoms with Crippen LogP contribution in [0.4, 0.5) is 5.69 Å². The first-order valence-corrected chi connectivity index (χ1v) is 10.6. The molecule has 3 aromatic carbocycles. The number of nitrogens with zero attached hydrogens (tertiary/aromatic N) is 4. The van der Waals surface area contributed by atoms with Crippen molar-refractivity contribution in [2.24, 2.45) is 5.10 Å². The monoisotopic (exact) mass is 458 g/mol. The third kappa shape index (κ3) is 4.84. The lowest BCUT2D eigenvalue weighted by Crippen LogP contribution is -2.29. The molecule has 1 N–H and O–H groups in total. The smallest absolute Gasteiger partial charge is 0.335 e. The van der Waals surface area contributed by atoms with Gasteiger partial charge in [-0.1, -0.05) is 42.5 Å². The maximum absolute atomic E-state index is 13.0. The Labute approximate surface area is 195 Å². The Morgan fingerprint density at radius 1 is 1.03 bits per heavy atom. The number of hydrogen-bond donors (Lipinski definition) is 1. The molecule has 1 saturated heterocycles. The molecule has 0 aromatic heterocycles. The fourth-order valence-electron chi connectivity index (χ4n) is 3.89. The number of carbonyl (C=O) groups is 2. The number of benzene rings is 3. The Morgan fingerprint density at radius 2 is 1.65 bits per heavy atom. The van der Waals surface area contributed by atoms with Gasteiger partial charge in [0.25, 0.3) is 11.6 Å². The van der Waals surface area contributed by atoms with E-state index in [9.17, 15) is 24.8 Å². The van der Waals surface area contributed by atoms with E-state index in [0.717, 1.165) is 11.1 Å². The summed E-state index contributed by atoms with van der Waals surface area (Å²) in [5, 5.41) is 26.2. The van der Waals surface area contributed by atoms with Gasteiger partial charge in [-0.3, -0.25) is 19.8 Å². The van der Waals surface area contributed by atoms with Crippen molar-refractivity contribution in [1.29, 1.82) is 0 Å². The molecule has 3 aromatic rings. The molecule has 1 fully saturated rings. The van der Waals surface area contributed by atoms with Crippen molar-refractivity contribution in [3.63, 3.8) is 0 Å². The quantitative estimate of drug-likeness (QED) is 0.324. The van der Waals surface area contributed by atoms with Crippen LogP contribution in [-0.4, -0.2) is 44.1 Å². The number of non-ortho nitro benzene ring substituents is 1. The summed E-state index contributed by atoms with van der Waals surface area (Å²) < 4.78 is 0. The minimum Gasteiger partial charge on any atom is -0.478 e. The molecular formula is C25H22N4O5. The predicted octanol–water partition coefficient (Wildman–Crippen LogP) is 4.06. The highest BCUT2D eigenvalue weighted by Gasteiger charge is 2.39. The van der Waals surface area contributed by atoms with Gasteiger partial charge >= 0.3 is 5.97 Å². The number of nitro groups is 1. The van der Waals surface area contributed by atoms with Crippen LogP contribution in [0.3, 0.4) is 0 Å². The van der Waals surface area contributed by atoms with Gasteiger partial charge in [-0.25, -0.2) is 9.80 Å². The Balaban J connectivity index is 1.69. The van der Waals surface area contributed by atoms with E-state index >= 15 is 0 Å². The molecule has 0 unspecified atom stereocenters. The number of carboxylic acids is 1. The number of carbonyl (C=O) groups excluding carboxylic acids is 1. The van der Waals surface area contributed by atoms with E-state index in [-0.39, 0.29) is 23.7 Å². The highest BCUT2D eigenvalue weighted by atomic mass is 16.6. The van der Waals surface area contributed by atoms with Gasteiger partial charge in [0.1, 0.15) is 6.17 Å². The minimum atomic E-state index is -1.03. The van der Waals surface area contributed by atoms with Crippen LogP contribution < -0.4 is 0 Å². The summed E-state index contributed by atoms with van der Waals surface area (Å²) in [5.41, 5.74) is 3.06. The number of amides is 1. The van der Waals surface area contributed by atoms with Crippen molar-refractivity contribution in [2.75, 3.05) is 6.54 Å². The number of hydrazone groups is 1. The highest BCUT2D eigenvalue weighted by molar-refractivity contribution is 5.99. The summed E-state index contributed by atoms with van der Waals surface area (Å²) >= 11 is 0. The Kier molecular flexibility index (Phi) is 6.46. The van der Waals surface area contributed by atoms with Gasteiger partial charge in [-0.05, 0) is 47.9 Å². The molecule has 0 aliphatic carbocycles. The molecule has 172 valence electrons. The molecule has 4 rings (SSSR count). The van der Waals surface area contributed by atoms with Crippen LogP contribution in [0.2, 0.25) is 0 Å². The predicted molar refractivity (Wildman–Crippen MR) is 125 cm³/mol. The highest BCUT2D eigenvalue weighted by Crippen LogP contribution is 2.33. The van der Waals surface area contributed by atoms with E-state index in [1.54, 1.807) is 31.2 Å². The summed E-state index contributed by atoms with van der Waals surface area (Å²) in [5.74, 6) is -1.23. The maximum atomic E-state index is 13.0. The molecule has 9 nitrogen and oxygen atoms in total. The van der Waals surface area contributed by atoms with Gasteiger partial charge in [0.05, 0.1) is 22.7 Å². The molecule has 1 aliphatic heterocycles. The molecule has 9 heteroatoms. The van der Waals surface area contributed by atoms with Gasteiger partial charge in [0, 0.05) is 18.7 Å². The van der Waals surface area contributed by atoms with E-state index in [0.29, 0.717) is 17.8 Å². The number of rotatable bonds is 7. The number of hydrogen-bond acceptors (Lipinski definition) is 6. The Morgan fingerprint density at radius 3 is 2.24 bits per heavy atom. The number of aromatic carboxylic acids is 1. The van der Waals surface area contributed by atoms with Gasteiger partial charge < -0.3 is 5.11 Å². The zero-order valence-electron chi connectivity index (χ0n) is 18.4. The van der Waals surface area contributed by atoms with E-state index in [2.05, 4.69) is 5.10 Å².